The summed E-state index contributed by atoms with van der Waals surface area (Å²) in [5, 5.41) is 3.63. The van der Waals surface area contributed by atoms with E-state index in [1.165, 1.54) is 38.8 Å². The van der Waals surface area contributed by atoms with E-state index >= 15 is 0 Å². The molecule has 2 nitrogen and oxygen atoms in total. The summed E-state index contributed by atoms with van der Waals surface area (Å²) in [6, 6.07) is 1.67. The zero-order valence-corrected chi connectivity index (χ0v) is 11.2. The lowest BCUT2D eigenvalue weighted by Crippen LogP contribution is -2.50. The van der Waals surface area contributed by atoms with E-state index in [0.29, 0.717) is 0 Å². The third-order valence-electron chi connectivity index (χ3n) is 4.59. The van der Waals surface area contributed by atoms with Gasteiger partial charge in [0.05, 0.1) is 0 Å². The van der Waals surface area contributed by atoms with Gasteiger partial charge in [-0.05, 0) is 50.6 Å². The molecule has 1 saturated heterocycles. The summed E-state index contributed by atoms with van der Waals surface area (Å²) in [6.07, 6.45) is 5.68. The molecule has 1 aliphatic carbocycles. The van der Waals surface area contributed by atoms with Gasteiger partial charge in [-0.1, -0.05) is 20.8 Å². The monoisotopic (exact) mass is 224 g/mol. The molecule has 94 valence electrons. The van der Waals surface area contributed by atoms with E-state index in [2.05, 4.69) is 31.0 Å². The van der Waals surface area contributed by atoms with Crippen molar-refractivity contribution in [1.82, 2.24) is 10.2 Å². The van der Waals surface area contributed by atoms with Crippen molar-refractivity contribution in [1.29, 1.82) is 0 Å². The Morgan fingerprint density at radius 1 is 1.19 bits per heavy atom. The van der Waals surface area contributed by atoms with Crippen LogP contribution >= 0.6 is 0 Å². The Morgan fingerprint density at radius 2 is 2.00 bits per heavy atom. The maximum absolute atomic E-state index is 3.63. The average Bonchev–Trinajstić information content (AvgIpc) is 2.68. The average molecular weight is 224 g/mol. The summed E-state index contributed by atoms with van der Waals surface area (Å²) >= 11 is 0. The molecule has 1 N–H and O–H groups in total. The lowest BCUT2D eigenvalue weighted by atomic mass is 9.92. The van der Waals surface area contributed by atoms with E-state index in [1.807, 2.05) is 0 Å². The number of nitrogens with zero attached hydrogens (tertiary/aromatic N) is 1. The summed E-state index contributed by atoms with van der Waals surface area (Å²) in [4.78, 5) is 2.77. The van der Waals surface area contributed by atoms with Crippen LogP contribution in [0, 0.1) is 11.8 Å². The Balaban J connectivity index is 1.82. The smallest absolute Gasteiger partial charge is 0.0117 e. The Bertz CT molecular complexity index is 217. The number of likely N-dealkylation sites (tertiary alicyclic amines) is 1. The molecule has 0 amide bonds. The zero-order chi connectivity index (χ0) is 11.5. The highest BCUT2D eigenvalue weighted by Crippen LogP contribution is 2.31. The predicted octanol–water partition coefficient (Wildman–Crippen LogP) is 2.49. The first kappa shape index (κ1) is 12.4. The van der Waals surface area contributed by atoms with Crippen molar-refractivity contribution in [3.63, 3.8) is 0 Å². The van der Waals surface area contributed by atoms with Gasteiger partial charge in [-0.25, -0.2) is 0 Å². The lowest BCUT2D eigenvalue weighted by molar-refractivity contribution is 0.105. The van der Waals surface area contributed by atoms with Crippen LogP contribution in [-0.2, 0) is 0 Å². The minimum absolute atomic E-state index is 0.764. The van der Waals surface area contributed by atoms with Crippen molar-refractivity contribution >= 4 is 0 Å². The van der Waals surface area contributed by atoms with Gasteiger partial charge in [0, 0.05) is 18.6 Å². The fourth-order valence-electron chi connectivity index (χ4n) is 3.58. The second-order valence-electron chi connectivity index (χ2n) is 6.00. The highest BCUT2D eigenvalue weighted by molar-refractivity contribution is 4.88. The van der Waals surface area contributed by atoms with Gasteiger partial charge in [-0.2, -0.15) is 0 Å². The Morgan fingerprint density at radius 3 is 2.56 bits per heavy atom. The number of hydrogen-bond donors (Lipinski definition) is 1. The van der Waals surface area contributed by atoms with Gasteiger partial charge in [0.2, 0.25) is 0 Å². The molecule has 4 atom stereocenters. The molecule has 2 aliphatic rings. The van der Waals surface area contributed by atoms with Crippen molar-refractivity contribution in [2.24, 2.45) is 11.8 Å². The third-order valence-corrected chi connectivity index (χ3v) is 4.59. The van der Waals surface area contributed by atoms with E-state index < -0.39 is 0 Å². The predicted molar refractivity (Wildman–Crippen MR) is 69.6 cm³/mol. The van der Waals surface area contributed by atoms with Gasteiger partial charge in [-0.3, -0.25) is 4.90 Å². The Labute approximate surface area is 101 Å². The number of piperidine rings is 1. The first-order valence-corrected chi connectivity index (χ1v) is 7.18. The highest BCUT2D eigenvalue weighted by atomic mass is 15.2. The van der Waals surface area contributed by atoms with Gasteiger partial charge in [0.1, 0.15) is 0 Å². The molecule has 2 heteroatoms. The summed E-state index contributed by atoms with van der Waals surface area (Å²) < 4.78 is 0. The van der Waals surface area contributed by atoms with E-state index in [0.717, 1.165) is 30.5 Å². The van der Waals surface area contributed by atoms with Crippen LogP contribution in [0.4, 0.5) is 0 Å². The van der Waals surface area contributed by atoms with Crippen molar-refractivity contribution in [2.45, 2.75) is 58.5 Å². The summed E-state index contributed by atoms with van der Waals surface area (Å²) in [6.45, 7) is 10.8. The number of hydrogen-bond acceptors (Lipinski definition) is 2. The fraction of sp³-hybridized carbons (Fsp3) is 1.00. The molecule has 2 rings (SSSR count). The van der Waals surface area contributed by atoms with Crippen LogP contribution in [0.25, 0.3) is 0 Å². The van der Waals surface area contributed by atoms with Crippen LogP contribution in [0.2, 0.25) is 0 Å². The maximum atomic E-state index is 3.63. The van der Waals surface area contributed by atoms with Gasteiger partial charge >= 0.3 is 0 Å². The van der Waals surface area contributed by atoms with Crippen molar-refractivity contribution < 1.29 is 0 Å². The summed E-state index contributed by atoms with van der Waals surface area (Å²) in [5.74, 6) is 1.79. The van der Waals surface area contributed by atoms with Crippen LogP contribution < -0.4 is 5.32 Å². The van der Waals surface area contributed by atoms with Crippen molar-refractivity contribution in [3.8, 4) is 0 Å². The first-order chi connectivity index (χ1) is 7.70. The molecule has 1 saturated carbocycles. The summed E-state index contributed by atoms with van der Waals surface area (Å²) in [5.41, 5.74) is 0. The van der Waals surface area contributed by atoms with E-state index in [9.17, 15) is 0 Å². The van der Waals surface area contributed by atoms with Crippen LogP contribution in [0.5, 0.6) is 0 Å². The molecule has 0 spiro atoms. The van der Waals surface area contributed by atoms with Crippen LogP contribution in [0.3, 0.4) is 0 Å². The molecule has 0 aromatic rings. The van der Waals surface area contributed by atoms with Crippen LogP contribution in [-0.4, -0.2) is 36.6 Å². The number of rotatable bonds is 3. The topological polar surface area (TPSA) is 15.3 Å². The Hall–Kier alpha value is -0.0800. The van der Waals surface area contributed by atoms with Gasteiger partial charge in [0.15, 0.2) is 0 Å². The normalized spacial score (nSPS) is 41.4. The molecule has 0 aromatic heterocycles. The minimum Gasteiger partial charge on any atom is -0.314 e. The molecular formula is C14H28N2. The lowest BCUT2D eigenvalue weighted by Gasteiger charge is -2.40. The van der Waals surface area contributed by atoms with Crippen molar-refractivity contribution in [2.75, 3.05) is 19.6 Å². The van der Waals surface area contributed by atoms with Crippen LogP contribution in [0.15, 0.2) is 0 Å². The second-order valence-corrected chi connectivity index (χ2v) is 6.00. The van der Waals surface area contributed by atoms with E-state index in [4.69, 9.17) is 0 Å². The second kappa shape index (κ2) is 5.50. The van der Waals surface area contributed by atoms with E-state index in [1.54, 1.807) is 0 Å². The third kappa shape index (κ3) is 2.78. The molecule has 0 radical (unpaired) electrons. The molecule has 16 heavy (non-hydrogen) atoms. The maximum Gasteiger partial charge on any atom is 0.0117 e. The molecule has 2 fully saturated rings. The first-order valence-electron chi connectivity index (χ1n) is 7.18. The number of nitrogens with one attached hydrogen (secondary N) is 1. The molecule has 1 heterocycles. The SMILES string of the molecule is CCNC1CCN(C2CCC(C)C2)CC1C. The van der Waals surface area contributed by atoms with Crippen molar-refractivity contribution in [3.05, 3.63) is 0 Å². The quantitative estimate of drug-likeness (QED) is 0.792. The zero-order valence-electron chi connectivity index (χ0n) is 11.2. The molecule has 1 aliphatic heterocycles. The van der Waals surface area contributed by atoms with Crippen LogP contribution in [0.1, 0.15) is 46.5 Å². The Kier molecular flexibility index (Phi) is 4.26. The van der Waals surface area contributed by atoms with Gasteiger partial charge < -0.3 is 5.32 Å². The largest absolute Gasteiger partial charge is 0.314 e. The fourth-order valence-corrected chi connectivity index (χ4v) is 3.58. The highest BCUT2D eigenvalue weighted by Gasteiger charge is 2.32. The van der Waals surface area contributed by atoms with Gasteiger partial charge in [0.25, 0.3) is 0 Å². The molecular weight excluding hydrogens is 196 g/mol. The molecule has 0 aromatic carbocycles. The molecule has 4 unspecified atom stereocenters. The summed E-state index contributed by atoms with van der Waals surface area (Å²) in [7, 11) is 0. The standard InChI is InChI=1S/C14H28N2/c1-4-15-14-7-8-16(10-12(14)3)13-6-5-11(2)9-13/h11-15H,4-10H2,1-3H3. The van der Waals surface area contributed by atoms with Gasteiger partial charge in [-0.15, -0.1) is 0 Å². The van der Waals surface area contributed by atoms with E-state index in [-0.39, 0.29) is 0 Å². The molecule has 0 bridgehead atoms. The minimum atomic E-state index is 0.764.